The van der Waals surface area contributed by atoms with E-state index in [0.717, 1.165) is 0 Å². The molecule has 0 aliphatic carbocycles. The number of nitrogens with one attached hydrogen (secondary N) is 2. The Kier molecular flexibility index (Phi) is 5.84. The van der Waals surface area contributed by atoms with Gasteiger partial charge in [-0.25, -0.2) is 4.79 Å². The van der Waals surface area contributed by atoms with Crippen LogP contribution in [0.1, 0.15) is 6.42 Å². The van der Waals surface area contributed by atoms with Gasteiger partial charge in [0.15, 0.2) is 0 Å². The first-order chi connectivity index (χ1) is 6.97. The molecule has 7 nitrogen and oxygen atoms in total. The quantitative estimate of drug-likeness (QED) is 0.541. The fourth-order valence-electron chi connectivity index (χ4n) is 0.744. The highest BCUT2D eigenvalue weighted by molar-refractivity contribution is 5.83. The average molecular weight is 217 g/mol. The van der Waals surface area contributed by atoms with Crippen LogP contribution >= 0.6 is 0 Å². The van der Waals surface area contributed by atoms with E-state index in [4.69, 9.17) is 5.11 Å². The molecule has 0 atom stereocenters. The first-order valence-electron chi connectivity index (χ1n) is 4.38. The van der Waals surface area contributed by atoms with E-state index in [0.29, 0.717) is 0 Å². The largest absolute Gasteiger partial charge is 0.481 e. The summed E-state index contributed by atoms with van der Waals surface area (Å²) in [7, 11) is 2.92. The molecule has 0 aromatic heterocycles. The lowest BCUT2D eigenvalue weighted by molar-refractivity contribution is -0.137. The van der Waals surface area contributed by atoms with Crippen LogP contribution in [0.4, 0.5) is 4.79 Å². The minimum Gasteiger partial charge on any atom is -0.481 e. The van der Waals surface area contributed by atoms with Crippen molar-refractivity contribution in [2.75, 3.05) is 27.2 Å². The van der Waals surface area contributed by atoms with Crippen molar-refractivity contribution < 1.29 is 19.5 Å². The van der Waals surface area contributed by atoms with Gasteiger partial charge in [0.1, 0.15) is 0 Å². The monoisotopic (exact) mass is 217 g/mol. The molecule has 0 radical (unpaired) electrons. The summed E-state index contributed by atoms with van der Waals surface area (Å²) in [4.78, 5) is 33.4. The molecule has 0 aromatic rings. The molecule has 86 valence electrons. The van der Waals surface area contributed by atoms with Crippen molar-refractivity contribution in [1.29, 1.82) is 0 Å². The maximum absolute atomic E-state index is 11.2. The summed E-state index contributed by atoms with van der Waals surface area (Å²) < 4.78 is 0. The van der Waals surface area contributed by atoms with E-state index in [-0.39, 0.29) is 25.4 Å². The summed E-state index contributed by atoms with van der Waals surface area (Å²) in [5, 5.41) is 13.1. The second kappa shape index (κ2) is 6.63. The molecule has 0 saturated heterocycles. The predicted octanol–water partition coefficient (Wildman–Crippen LogP) is -1.15. The summed E-state index contributed by atoms with van der Waals surface area (Å²) in [6, 6.07) is -0.472. The highest BCUT2D eigenvalue weighted by atomic mass is 16.4. The normalized spacial score (nSPS) is 9.20. The van der Waals surface area contributed by atoms with Gasteiger partial charge in [-0.3, -0.25) is 9.59 Å². The third kappa shape index (κ3) is 6.30. The van der Waals surface area contributed by atoms with Gasteiger partial charge in [0.05, 0.1) is 13.0 Å². The maximum atomic E-state index is 11.2. The predicted molar refractivity (Wildman–Crippen MR) is 52.3 cm³/mol. The molecule has 0 saturated carbocycles. The molecule has 3 amide bonds. The number of carboxylic acid groups (broad SMARTS) is 1. The Morgan fingerprint density at radius 2 is 1.93 bits per heavy atom. The van der Waals surface area contributed by atoms with Gasteiger partial charge in [-0.15, -0.1) is 0 Å². The third-order valence-corrected chi connectivity index (χ3v) is 1.69. The van der Waals surface area contributed by atoms with Crippen molar-refractivity contribution in [3.8, 4) is 0 Å². The molecule has 0 aliphatic heterocycles. The Labute approximate surface area is 87.4 Å². The lowest BCUT2D eigenvalue weighted by Crippen LogP contribution is -2.42. The van der Waals surface area contributed by atoms with Crippen LogP contribution in [-0.2, 0) is 9.59 Å². The fourth-order valence-corrected chi connectivity index (χ4v) is 0.744. The summed E-state index contributed by atoms with van der Waals surface area (Å²) in [6.45, 7) is -0.0122. The Balaban J connectivity index is 3.79. The van der Waals surface area contributed by atoms with Crippen LogP contribution in [0.5, 0.6) is 0 Å². The SMILES string of the molecule is CNC(=O)CNC(=O)N(C)CCC(=O)O. The van der Waals surface area contributed by atoms with Gasteiger partial charge >= 0.3 is 12.0 Å². The Hall–Kier alpha value is -1.79. The molecular formula is C8H15N3O4. The van der Waals surface area contributed by atoms with Crippen molar-refractivity contribution in [1.82, 2.24) is 15.5 Å². The number of carbonyl (C=O) groups excluding carboxylic acids is 2. The standard InChI is InChI=1S/C8H15N3O4/c1-9-6(12)5-10-8(15)11(2)4-3-7(13)14/h3-5H2,1-2H3,(H,9,12)(H,10,15)(H,13,14). The van der Waals surface area contributed by atoms with Gasteiger partial charge in [0.25, 0.3) is 0 Å². The maximum Gasteiger partial charge on any atom is 0.317 e. The average Bonchev–Trinajstić information content (AvgIpc) is 2.21. The second-order valence-corrected chi connectivity index (χ2v) is 2.90. The van der Waals surface area contributed by atoms with E-state index in [1.807, 2.05) is 0 Å². The van der Waals surface area contributed by atoms with Crippen LogP contribution < -0.4 is 10.6 Å². The molecule has 0 rings (SSSR count). The molecule has 0 unspecified atom stereocenters. The first-order valence-corrected chi connectivity index (χ1v) is 4.38. The van der Waals surface area contributed by atoms with Crippen molar-refractivity contribution in [3.05, 3.63) is 0 Å². The van der Waals surface area contributed by atoms with Crippen LogP contribution in [0.2, 0.25) is 0 Å². The topological polar surface area (TPSA) is 98.7 Å². The minimum atomic E-state index is -0.971. The van der Waals surface area contributed by atoms with Gasteiger partial charge in [-0.1, -0.05) is 0 Å². The van der Waals surface area contributed by atoms with Crippen molar-refractivity contribution in [2.45, 2.75) is 6.42 Å². The third-order valence-electron chi connectivity index (χ3n) is 1.69. The minimum absolute atomic E-state index is 0.106. The number of hydrogen-bond acceptors (Lipinski definition) is 3. The van der Waals surface area contributed by atoms with Gasteiger partial charge in [0.2, 0.25) is 5.91 Å². The van der Waals surface area contributed by atoms with Gasteiger partial charge < -0.3 is 20.6 Å². The smallest absolute Gasteiger partial charge is 0.317 e. The molecule has 15 heavy (non-hydrogen) atoms. The Bertz CT molecular complexity index is 254. The summed E-state index contributed by atoms with van der Waals surface area (Å²) >= 11 is 0. The number of carboxylic acids is 1. The number of carbonyl (C=O) groups is 3. The lowest BCUT2D eigenvalue weighted by Gasteiger charge is -2.16. The van der Waals surface area contributed by atoms with Gasteiger partial charge in [-0.2, -0.15) is 0 Å². The highest BCUT2D eigenvalue weighted by Crippen LogP contribution is 1.88. The second-order valence-electron chi connectivity index (χ2n) is 2.90. The van der Waals surface area contributed by atoms with Crippen LogP contribution in [0, 0.1) is 0 Å². The zero-order chi connectivity index (χ0) is 11.8. The molecule has 3 N–H and O–H groups in total. The fraction of sp³-hybridized carbons (Fsp3) is 0.625. The number of likely N-dealkylation sites (N-methyl/N-ethyl adjacent to an activating group) is 1. The van der Waals surface area contributed by atoms with Crippen molar-refractivity contribution in [3.63, 3.8) is 0 Å². The van der Waals surface area contributed by atoms with Gasteiger partial charge in [0, 0.05) is 20.6 Å². The number of amides is 3. The Morgan fingerprint density at radius 1 is 1.33 bits per heavy atom. The van der Waals surface area contributed by atoms with Crippen LogP contribution in [-0.4, -0.2) is 55.1 Å². The number of nitrogens with zero attached hydrogens (tertiary/aromatic N) is 1. The summed E-state index contributed by atoms with van der Waals surface area (Å²) in [5.74, 6) is -1.28. The van der Waals surface area contributed by atoms with Gasteiger partial charge in [-0.05, 0) is 0 Å². The van der Waals surface area contributed by atoms with Crippen LogP contribution in [0.25, 0.3) is 0 Å². The number of urea groups is 1. The lowest BCUT2D eigenvalue weighted by atomic mass is 10.4. The van der Waals surface area contributed by atoms with E-state index >= 15 is 0 Å². The van der Waals surface area contributed by atoms with Crippen molar-refractivity contribution >= 4 is 17.9 Å². The summed E-state index contributed by atoms with van der Waals surface area (Å²) in [5.41, 5.74) is 0. The molecule has 0 aliphatic rings. The summed E-state index contributed by atoms with van der Waals surface area (Å²) in [6.07, 6.45) is -0.121. The molecule has 0 spiro atoms. The number of aliphatic carboxylic acids is 1. The molecular weight excluding hydrogens is 202 g/mol. The van der Waals surface area contributed by atoms with Crippen LogP contribution in [0.3, 0.4) is 0 Å². The van der Waals surface area contributed by atoms with E-state index in [2.05, 4.69) is 10.6 Å². The molecule has 7 heteroatoms. The zero-order valence-corrected chi connectivity index (χ0v) is 8.74. The molecule has 0 bridgehead atoms. The van der Waals surface area contributed by atoms with E-state index < -0.39 is 12.0 Å². The Morgan fingerprint density at radius 3 is 2.40 bits per heavy atom. The van der Waals surface area contributed by atoms with Crippen LogP contribution in [0.15, 0.2) is 0 Å². The molecule has 0 fully saturated rings. The molecule has 0 aromatic carbocycles. The van der Waals surface area contributed by atoms with E-state index in [1.54, 1.807) is 0 Å². The molecule has 0 heterocycles. The van der Waals surface area contributed by atoms with E-state index in [9.17, 15) is 14.4 Å². The zero-order valence-electron chi connectivity index (χ0n) is 8.74. The highest BCUT2D eigenvalue weighted by Gasteiger charge is 2.10. The number of hydrogen-bond donors (Lipinski definition) is 3. The first kappa shape index (κ1) is 13.2. The number of rotatable bonds is 5. The van der Waals surface area contributed by atoms with Crippen molar-refractivity contribution in [2.24, 2.45) is 0 Å². The van der Waals surface area contributed by atoms with E-state index in [1.165, 1.54) is 19.0 Å².